The molecular weight excluding hydrogens is 438 g/mol. The number of esters is 1. The summed E-state index contributed by atoms with van der Waals surface area (Å²) in [7, 11) is 0. The molecule has 0 saturated carbocycles. The molecule has 0 bridgehead atoms. The first kappa shape index (κ1) is 21.3. The van der Waals surface area contributed by atoms with Crippen molar-refractivity contribution in [1.29, 1.82) is 0 Å². The minimum absolute atomic E-state index is 0.302. The van der Waals surface area contributed by atoms with Gasteiger partial charge < -0.3 is 14.3 Å². The van der Waals surface area contributed by atoms with E-state index in [0.717, 1.165) is 50.7 Å². The van der Waals surface area contributed by atoms with E-state index in [1.165, 1.54) is 10.9 Å². The summed E-state index contributed by atoms with van der Waals surface area (Å²) in [6, 6.07) is 12.6. The molecule has 174 valence electrons. The number of fused-ring (bicyclic) bond motifs is 6. The zero-order valence-corrected chi connectivity index (χ0v) is 19.9. The van der Waals surface area contributed by atoms with Crippen molar-refractivity contribution in [1.82, 2.24) is 24.5 Å². The molecule has 0 radical (unpaired) electrons. The highest BCUT2D eigenvalue weighted by molar-refractivity contribution is 5.90. The molecule has 0 amide bonds. The molecule has 4 heterocycles. The summed E-state index contributed by atoms with van der Waals surface area (Å²) < 4.78 is 7.27. The molecule has 35 heavy (non-hydrogen) atoms. The van der Waals surface area contributed by atoms with Gasteiger partial charge in [-0.25, -0.2) is 19.7 Å². The van der Waals surface area contributed by atoms with Gasteiger partial charge in [0, 0.05) is 47.3 Å². The molecule has 2 aromatic carbocycles. The predicted molar refractivity (Wildman–Crippen MR) is 134 cm³/mol. The minimum atomic E-state index is -0.410. The number of carbonyl (C=O) groups excluding carboxylic acids is 1. The molecule has 7 heteroatoms. The van der Waals surface area contributed by atoms with Gasteiger partial charge in [0.05, 0.1) is 23.7 Å². The van der Waals surface area contributed by atoms with Gasteiger partial charge in [-0.3, -0.25) is 0 Å². The van der Waals surface area contributed by atoms with Gasteiger partial charge in [0.2, 0.25) is 0 Å². The van der Waals surface area contributed by atoms with Crippen molar-refractivity contribution in [2.45, 2.75) is 33.6 Å². The van der Waals surface area contributed by atoms with Crippen LogP contribution in [-0.4, -0.2) is 37.1 Å². The molecule has 0 aliphatic carbocycles. The molecule has 0 atom stereocenters. The van der Waals surface area contributed by atoms with Gasteiger partial charge in [-0.15, -0.1) is 0 Å². The van der Waals surface area contributed by atoms with Crippen molar-refractivity contribution in [3.8, 4) is 16.9 Å². The first-order valence-electron chi connectivity index (χ1n) is 11.8. The Bertz CT molecular complexity index is 1610. The Balaban J connectivity index is 1.50. The van der Waals surface area contributed by atoms with Crippen LogP contribution < -0.4 is 0 Å². The number of para-hydroxylation sites is 1. The first-order chi connectivity index (χ1) is 17.0. The maximum atomic E-state index is 12.6. The largest absolute Gasteiger partial charge is 0.461 e. The molecule has 3 aromatic heterocycles. The van der Waals surface area contributed by atoms with E-state index >= 15 is 0 Å². The molecular formula is C28H25N5O2. The van der Waals surface area contributed by atoms with Crippen LogP contribution in [-0.2, 0) is 17.6 Å². The number of benzene rings is 2. The lowest BCUT2D eigenvalue weighted by Crippen LogP contribution is -2.10. The molecule has 1 aliphatic heterocycles. The van der Waals surface area contributed by atoms with Crippen molar-refractivity contribution in [3.63, 3.8) is 0 Å². The van der Waals surface area contributed by atoms with Crippen LogP contribution in [0.2, 0.25) is 0 Å². The quantitative estimate of drug-likeness (QED) is 0.368. The number of hydrogen-bond donors (Lipinski definition) is 1. The van der Waals surface area contributed by atoms with Crippen molar-refractivity contribution in [2.24, 2.45) is 0 Å². The molecule has 5 aromatic rings. The maximum absolute atomic E-state index is 12.6. The molecule has 0 fully saturated rings. The van der Waals surface area contributed by atoms with Crippen LogP contribution in [0.5, 0.6) is 0 Å². The van der Waals surface area contributed by atoms with E-state index in [1.807, 2.05) is 29.1 Å². The standard InChI is InChI=1S/C28H25N5O2/c1-4-35-28(34)27-24-11-19-14-30-25(12-18-13-29-22-8-6-5-7-20(18)22)32-26(19)21-9-16(2)17(3)10-23(21)33(24)15-31-27/h5-10,13-15,29H,4,11-12H2,1-3H3. The fourth-order valence-electron chi connectivity index (χ4n) is 4.83. The lowest BCUT2D eigenvalue weighted by Gasteiger charge is -2.14. The summed E-state index contributed by atoms with van der Waals surface area (Å²) in [5.74, 6) is 0.347. The van der Waals surface area contributed by atoms with E-state index in [4.69, 9.17) is 14.7 Å². The van der Waals surface area contributed by atoms with Gasteiger partial charge in [-0.05, 0) is 55.7 Å². The van der Waals surface area contributed by atoms with Crippen LogP contribution in [0.1, 0.15) is 51.2 Å². The number of aromatic nitrogens is 5. The zero-order chi connectivity index (χ0) is 24.1. The smallest absolute Gasteiger partial charge is 0.358 e. The summed E-state index contributed by atoms with van der Waals surface area (Å²) in [4.78, 5) is 30.2. The molecule has 0 saturated heterocycles. The third-order valence-electron chi connectivity index (χ3n) is 6.76. The highest BCUT2D eigenvalue weighted by Crippen LogP contribution is 2.36. The van der Waals surface area contributed by atoms with E-state index in [9.17, 15) is 4.79 Å². The topological polar surface area (TPSA) is 85.7 Å². The molecule has 1 aliphatic rings. The Morgan fingerprint density at radius 2 is 1.97 bits per heavy atom. The van der Waals surface area contributed by atoms with E-state index in [2.05, 4.69) is 48.1 Å². The van der Waals surface area contributed by atoms with Crippen molar-refractivity contribution < 1.29 is 9.53 Å². The van der Waals surface area contributed by atoms with Crippen LogP contribution >= 0.6 is 0 Å². The van der Waals surface area contributed by atoms with Gasteiger partial charge in [0.1, 0.15) is 12.2 Å². The average molecular weight is 464 g/mol. The van der Waals surface area contributed by atoms with Crippen LogP contribution in [0.25, 0.3) is 27.8 Å². The van der Waals surface area contributed by atoms with Crippen molar-refractivity contribution in [3.05, 3.63) is 94.6 Å². The number of hydrogen-bond acceptors (Lipinski definition) is 5. The maximum Gasteiger partial charge on any atom is 0.358 e. The van der Waals surface area contributed by atoms with Crippen molar-refractivity contribution >= 4 is 16.9 Å². The Morgan fingerprint density at radius 1 is 1.14 bits per heavy atom. The number of carbonyl (C=O) groups is 1. The monoisotopic (exact) mass is 463 g/mol. The van der Waals surface area contributed by atoms with Gasteiger partial charge in [-0.2, -0.15) is 0 Å². The predicted octanol–water partition coefficient (Wildman–Crippen LogP) is 5.10. The van der Waals surface area contributed by atoms with Crippen LogP contribution in [0, 0.1) is 13.8 Å². The third kappa shape index (κ3) is 3.51. The number of rotatable bonds is 4. The fraction of sp³-hybridized carbons (Fsp3) is 0.214. The van der Waals surface area contributed by atoms with E-state index < -0.39 is 5.97 Å². The molecule has 0 unspecified atom stereocenters. The molecule has 1 N–H and O–H groups in total. The molecule has 7 nitrogen and oxygen atoms in total. The number of H-pyrrole nitrogens is 1. The number of nitrogens with one attached hydrogen (secondary N) is 1. The Hall–Kier alpha value is -4.26. The van der Waals surface area contributed by atoms with Gasteiger partial charge in [-0.1, -0.05) is 18.2 Å². The molecule has 6 rings (SSSR count). The van der Waals surface area contributed by atoms with Crippen LogP contribution in [0.15, 0.2) is 55.1 Å². The van der Waals surface area contributed by atoms with Gasteiger partial charge in [0.25, 0.3) is 0 Å². The van der Waals surface area contributed by atoms with Crippen molar-refractivity contribution in [2.75, 3.05) is 6.61 Å². The fourth-order valence-corrected chi connectivity index (χ4v) is 4.83. The summed E-state index contributed by atoms with van der Waals surface area (Å²) >= 11 is 0. The van der Waals surface area contributed by atoms with Crippen LogP contribution in [0.3, 0.4) is 0 Å². The minimum Gasteiger partial charge on any atom is -0.461 e. The van der Waals surface area contributed by atoms with Gasteiger partial charge >= 0.3 is 5.97 Å². The van der Waals surface area contributed by atoms with Gasteiger partial charge in [0.15, 0.2) is 5.69 Å². The normalized spacial score (nSPS) is 12.1. The second kappa shape index (κ2) is 8.20. The first-order valence-corrected chi connectivity index (χ1v) is 11.8. The number of aryl methyl sites for hydroxylation is 2. The summed E-state index contributed by atoms with van der Waals surface area (Å²) in [6.45, 7) is 6.29. The van der Waals surface area contributed by atoms with E-state index in [0.29, 0.717) is 25.1 Å². The summed E-state index contributed by atoms with van der Waals surface area (Å²) in [6.07, 6.45) is 6.75. The third-order valence-corrected chi connectivity index (χ3v) is 6.76. The number of ether oxygens (including phenoxy) is 1. The summed E-state index contributed by atoms with van der Waals surface area (Å²) in [5.41, 5.74) is 9.57. The Morgan fingerprint density at radius 3 is 2.83 bits per heavy atom. The lowest BCUT2D eigenvalue weighted by molar-refractivity contribution is 0.0519. The number of imidazole rings is 1. The Labute approximate surface area is 202 Å². The Kier molecular flexibility index (Phi) is 4.99. The highest BCUT2D eigenvalue weighted by Gasteiger charge is 2.27. The van der Waals surface area contributed by atoms with E-state index in [1.54, 1.807) is 13.3 Å². The average Bonchev–Trinajstić information content (AvgIpc) is 3.43. The second-order valence-electron chi connectivity index (χ2n) is 8.96. The summed E-state index contributed by atoms with van der Waals surface area (Å²) in [5, 5.41) is 1.18. The SMILES string of the molecule is CCOC(=O)c1ncn2c1Cc1cnc(Cc3c[nH]c4ccccc34)nc1-c1cc(C)c(C)cc1-2. The highest BCUT2D eigenvalue weighted by atomic mass is 16.5. The zero-order valence-electron chi connectivity index (χ0n) is 19.9. The number of aromatic amines is 1. The molecule has 0 spiro atoms. The van der Waals surface area contributed by atoms with E-state index in [-0.39, 0.29) is 0 Å². The second-order valence-corrected chi connectivity index (χ2v) is 8.96. The number of nitrogens with zero attached hydrogens (tertiary/aromatic N) is 4. The lowest BCUT2D eigenvalue weighted by atomic mass is 9.99. The van der Waals surface area contributed by atoms with Crippen LogP contribution in [0.4, 0.5) is 0 Å².